The molecule has 2 atom stereocenters. The van der Waals surface area contributed by atoms with E-state index >= 15 is 0 Å². The highest BCUT2D eigenvalue weighted by molar-refractivity contribution is 6.26. The molecule has 0 N–H and O–H groups in total. The van der Waals surface area contributed by atoms with Crippen LogP contribution in [0.2, 0.25) is 0 Å². The van der Waals surface area contributed by atoms with Gasteiger partial charge in [-0.3, -0.25) is 4.57 Å². The lowest BCUT2D eigenvalue weighted by Gasteiger charge is -2.28. The van der Waals surface area contributed by atoms with Gasteiger partial charge in [-0.1, -0.05) is 182 Å². The minimum atomic E-state index is 0.0420. The second kappa shape index (κ2) is 15.1. The summed E-state index contributed by atoms with van der Waals surface area (Å²) in [6.07, 6.45) is 9.11. The number of para-hydroxylation sites is 4. The van der Waals surface area contributed by atoms with Gasteiger partial charge in [0.15, 0.2) is 0 Å². The van der Waals surface area contributed by atoms with Crippen LogP contribution in [0, 0.1) is 0 Å². The summed E-state index contributed by atoms with van der Waals surface area (Å²) in [6, 6.07) is 78.7. The molecule has 2 aliphatic rings. The first-order chi connectivity index (χ1) is 34.8. The van der Waals surface area contributed by atoms with E-state index in [1.165, 1.54) is 54.6 Å². The summed E-state index contributed by atoms with van der Waals surface area (Å²) in [5.41, 5.74) is 15.6. The van der Waals surface area contributed by atoms with Crippen molar-refractivity contribution in [1.82, 2.24) is 23.7 Å². The number of hydrogen-bond acceptors (Lipinski definition) is 3. The molecule has 70 heavy (non-hydrogen) atoms. The quantitative estimate of drug-likeness (QED) is 0.167. The Hall–Kier alpha value is -9.26. The van der Waals surface area contributed by atoms with Gasteiger partial charge in [0.2, 0.25) is 0 Å². The van der Waals surface area contributed by atoms with Crippen LogP contribution in [0.1, 0.15) is 11.5 Å². The average Bonchev–Trinajstić information content (AvgIpc) is 4.17. The first kappa shape index (κ1) is 38.8. The Morgan fingerprint density at radius 2 is 0.914 bits per heavy atom. The monoisotopic (exact) mass is 894 g/mol. The number of nitrogens with zero attached hydrogens (tertiary/aromatic N) is 6. The molecule has 0 fully saturated rings. The third kappa shape index (κ3) is 5.62. The van der Waals surface area contributed by atoms with Crippen molar-refractivity contribution in [2.45, 2.75) is 12.0 Å². The third-order valence-electron chi connectivity index (χ3n) is 14.7. The molecule has 328 valence electrons. The standard InChI is InChI=1S/C64H42N6/c1-4-19-41(20-5-1)52-39-44(40-53(65-52)42-21-6-2-7-22-42)67-57-32-17-13-28-51(57)61-58(67)38-37-48-45-25-11-15-30-55(45)69(62(48)61)59-33-18-34-60(66-59)70-56-31-16-12-27-47(56)50-36-35-49-46-26-10-14-29-54(46)68(63(49)64(50)70)43-23-8-3-9-24-43/h1-40,47,56H. The van der Waals surface area contributed by atoms with E-state index in [0.29, 0.717) is 0 Å². The summed E-state index contributed by atoms with van der Waals surface area (Å²) < 4.78 is 7.30. The maximum Gasteiger partial charge on any atom is 0.140 e. The number of hydrogen-bond donors (Lipinski definition) is 0. The van der Waals surface area contributed by atoms with Gasteiger partial charge in [0.1, 0.15) is 11.6 Å². The first-order valence-electron chi connectivity index (χ1n) is 24.1. The molecule has 1 aliphatic carbocycles. The number of anilines is 2. The van der Waals surface area contributed by atoms with Crippen molar-refractivity contribution in [3.8, 4) is 39.7 Å². The molecule has 1 aliphatic heterocycles. The van der Waals surface area contributed by atoms with Crippen LogP contribution in [-0.4, -0.2) is 29.7 Å². The van der Waals surface area contributed by atoms with Crippen molar-refractivity contribution in [3.63, 3.8) is 0 Å². The van der Waals surface area contributed by atoms with Gasteiger partial charge in [-0.2, -0.15) is 0 Å². The van der Waals surface area contributed by atoms with Gasteiger partial charge in [-0.05, 0) is 66.2 Å². The smallest absolute Gasteiger partial charge is 0.140 e. The fourth-order valence-electron chi connectivity index (χ4n) is 11.8. The summed E-state index contributed by atoms with van der Waals surface area (Å²) in [5, 5.41) is 7.19. The molecule has 0 saturated heterocycles. The van der Waals surface area contributed by atoms with Crippen LogP contribution in [0.15, 0.2) is 243 Å². The second-order valence-electron chi connectivity index (χ2n) is 18.5. The van der Waals surface area contributed by atoms with E-state index in [1.54, 1.807) is 0 Å². The van der Waals surface area contributed by atoms with Crippen LogP contribution < -0.4 is 4.90 Å². The first-order valence-corrected chi connectivity index (χ1v) is 24.1. The van der Waals surface area contributed by atoms with Gasteiger partial charge in [0.25, 0.3) is 0 Å². The molecule has 0 spiro atoms. The highest BCUT2D eigenvalue weighted by Crippen LogP contribution is 2.53. The Morgan fingerprint density at radius 1 is 0.357 bits per heavy atom. The predicted molar refractivity (Wildman–Crippen MR) is 289 cm³/mol. The molecule has 13 aromatic rings. The summed E-state index contributed by atoms with van der Waals surface area (Å²) in [4.78, 5) is 13.6. The highest BCUT2D eigenvalue weighted by atomic mass is 15.3. The van der Waals surface area contributed by atoms with Crippen LogP contribution in [0.3, 0.4) is 0 Å². The van der Waals surface area contributed by atoms with Gasteiger partial charge in [-0.25, -0.2) is 9.97 Å². The number of rotatable bonds is 6. The molecule has 0 bridgehead atoms. The van der Waals surface area contributed by atoms with E-state index in [2.05, 4.69) is 261 Å². The van der Waals surface area contributed by atoms with Crippen LogP contribution in [0.25, 0.3) is 105 Å². The van der Waals surface area contributed by atoms with Gasteiger partial charge in [0.05, 0.1) is 61.9 Å². The maximum atomic E-state index is 5.80. The molecule has 6 heteroatoms. The average molecular weight is 895 g/mol. The third-order valence-corrected chi connectivity index (χ3v) is 14.7. The molecule has 2 unspecified atom stereocenters. The highest BCUT2D eigenvalue weighted by Gasteiger charge is 2.41. The number of allylic oxidation sites excluding steroid dienone is 2. The molecule has 8 aromatic carbocycles. The number of aromatic nitrogens is 5. The molecule has 0 amide bonds. The van der Waals surface area contributed by atoms with Gasteiger partial charge >= 0.3 is 0 Å². The minimum absolute atomic E-state index is 0.0420. The number of pyridine rings is 2. The van der Waals surface area contributed by atoms with E-state index in [9.17, 15) is 0 Å². The van der Waals surface area contributed by atoms with Crippen LogP contribution in [0.4, 0.5) is 11.5 Å². The second-order valence-corrected chi connectivity index (χ2v) is 18.5. The molecular weight excluding hydrogens is 853 g/mol. The molecule has 15 rings (SSSR count). The number of benzene rings is 8. The Morgan fingerprint density at radius 3 is 1.61 bits per heavy atom. The van der Waals surface area contributed by atoms with Crippen LogP contribution >= 0.6 is 0 Å². The Bertz CT molecular complexity index is 4250. The van der Waals surface area contributed by atoms with Crippen molar-refractivity contribution in [1.29, 1.82) is 0 Å². The van der Waals surface area contributed by atoms with Crippen LogP contribution in [0.5, 0.6) is 0 Å². The zero-order valence-corrected chi connectivity index (χ0v) is 37.9. The predicted octanol–water partition coefficient (Wildman–Crippen LogP) is 15.8. The SMILES string of the molecule is C1=CC2c3ccc4c5ccccc5n(-c5ccccc5)c4c3N(c3cccc(-n4c5ccccc5c5ccc6c(c7ccccc7n6-c6cc(-c7ccccc7)nc(-c7ccccc7)c6)c54)n3)C2C=C1. The summed E-state index contributed by atoms with van der Waals surface area (Å²) >= 11 is 0. The van der Waals surface area contributed by atoms with Crippen LogP contribution in [-0.2, 0) is 0 Å². The van der Waals surface area contributed by atoms with E-state index in [-0.39, 0.29) is 12.0 Å². The van der Waals surface area contributed by atoms with Crippen molar-refractivity contribution < 1.29 is 0 Å². The van der Waals surface area contributed by atoms with Gasteiger partial charge < -0.3 is 14.0 Å². The Balaban J connectivity index is 0.991. The summed E-state index contributed by atoms with van der Waals surface area (Å²) in [5.74, 6) is 1.93. The lowest BCUT2D eigenvalue weighted by molar-refractivity contribution is 0.737. The number of fused-ring (bicyclic) bond motifs is 14. The topological polar surface area (TPSA) is 43.8 Å². The van der Waals surface area contributed by atoms with E-state index in [4.69, 9.17) is 9.97 Å². The van der Waals surface area contributed by atoms with Crippen molar-refractivity contribution >= 4 is 76.9 Å². The fraction of sp³-hybridized carbons (Fsp3) is 0.0312. The molecule has 0 radical (unpaired) electrons. The zero-order chi connectivity index (χ0) is 45.9. The fourth-order valence-corrected chi connectivity index (χ4v) is 11.8. The molecule has 6 heterocycles. The van der Waals surface area contributed by atoms with Crippen molar-refractivity contribution in [2.75, 3.05) is 4.90 Å². The largest absolute Gasteiger partial charge is 0.316 e. The molecule has 0 saturated carbocycles. The van der Waals surface area contributed by atoms with E-state index in [1.807, 2.05) is 0 Å². The summed E-state index contributed by atoms with van der Waals surface area (Å²) in [6.45, 7) is 0. The minimum Gasteiger partial charge on any atom is -0.316 e. The van der Waals surface area contributed by atoms with Crippen molar-refractivity contribution in [3.05, 3.63) is 248 Å². The lowest BCUT2D eigenvalue weighted by atomic mass is 9.91. The normalized spacial score (nSPS) is 15.3. The molecule has 6 nitrogen and oxygen atoms in total. The van der Waals surface area contributed by atoms with Gasteiger partial charge in [-0.15, -0.1) is 0 Å². The van der Waals surface area contributed by atoms with E-state index < -0.39 is 0 Å². The molecular formula is C64H42N6. The van der Waals surface area contributed by atoms with E-state index in [0.717, 1.165) is 67.6 Å². The zero-order valence-electron chi connectivity index (χ0n) is 37.9. The summed E-state index contributed by atoms with van der Waals surface area (Å²) in [7, 11) is 0. The van der Waals surface area contributed by atoms with Gasteiger partial charge in [0, 0.05) is 55.0 Å². The maximum absolute atomic E-state index is 5.80. The Kier molecular flexibility index (Phi) is 8.38. The van der Waals surface area contributed by atoms with Crippen molar-refractivity contribution in [2.24, 2.45) is 0 Å². The molecule has 5 aromatic heterocycles. The lowest BCUT2D eigenvalue weighted by Crippen LogP contribution is -2.29. The Labute approximate surface area is 403 Å².